The molecule has 3 aromatic carbocycles. The van der Waals surface area contributed by atoms with Crippen LogP contribution in [-0.2, 0) is 17.8 Å². The lowest BCUT2D eigenvalue weighted by Gasteiger charge is -2.18. The van der Waals surface area contributed by atoms with Gasteiger partial charge < -0.3 is 9.64 Å². The van der Waals surface area contributed by atoms with Gasteiger partial charge in [-0.3, -0.25) is 4.79 Å². The number of ether oxygens (including phenoxy) is 1. The summed E-state index contributed by atoms with van der Waals surface area (Å²) in [7, 11) is 3.52. The SMILES string of the molecule is COc1ccc2cc(CN(C)C(=O)Cc3c(C)nn(-c4ccccc4)c3C)ccc2c1. The summed E-state index contributed by atoms with van der Waals surface area (Å²) in [6.45, 7) is 4.55. The maximum atomic E-state index is 13.0. The van der Waals surface area contributed by atoms with Gasteiger partial charge >= 0.3 is 0 Å². The van der Waals surface area contributed by atoms with Crippen molar-refractivity contribution in [3.63, 3.8) is 0 Å². The summed E-state index contributed by atoms with van der Waals surface area (Å²) in [6, 6.07) is 22.3. The predicted octanol–water partition coefficient (Wildman–Crippen LogP) is 4.85. The van der Waals surface area contributed by atoms with Crippen LogP contribution in [0.3, 0.4) is 0 Å². The minimum Gasteiger partial charge on any atom is -0.497 e. The number of amides is 1. The quantitative estimate of drug-likeness (QED) is 0.454. The van der Waals surface area contributed by atoms with Crippen molar-refractivity contribution in [3.8, 4) is 11.4 Å². The Hall–Kier alpha value is -3.60. The zero-order chi connectivity index (χ0) is 22.0. The Balaban J connectivity index is 1.49. The summed E-state index contributed by atoms with van der Waals surface area (Å²) in [5.74, 6) is 0.919. The monoisotopic (exact) mass is 413 g/mol. The summed E-state index contributed by atoms with van der Waals surface area (Å²) < 4.78 is 7.21. The summed E-state index contributed by atoms with van der Waals surface area (Å²) >= 11 is 0. The molecule has 4 aromatic rings. The van der Waals surface area contributed by atoms with Crippen LogP contribution >= 0.6 is 0 Å². The summed E-state index contributed by atoms with van der Waals surface area (Å²) in [4.78, 5) is 14.8. The third kappa shape index (κ3) is 4.31. The molecule has 5 nitrogen and oxygen atoms in total. The average molecular weight is 414 g/mol. The molecule has 0 radical (unpaired) electrons. The highest BCUT2D eigenvalue weighted by Gasteiger charge is 2.18. The van der Waals surface area contributed by atoms with Crippen molar-refractivity contribution in [2.75, 3.05) is 14.2 Å². The summed E-state index contributed by atoms with van der Waals surface area (Å²) in [5, 5.41) is 6.92. The van der Waals surface area contributed by atoms with Crippen molar-refractivity contribution in [2.45, 2.75) is 26.8 Å². The molecule has 0 spiro atoms. The molecule has 0 atom stereocenters. The van der Waals surface area contributed by atoms with Crippen molar-refractivity contribution in [2.24, 2.45) is 0 Å². The van der Waals surface area contributed by atoms with Crippen molar-refractivity contribution >= 4 is 16.7 Å². The van der Waals surface area contributed by atoms with E-state index in [2.05, 4.69) is 23.3 Å². The fourth-order valence-corrected chi connectivity index (χ4v) is 3.90. The van der Waals surface area contributed by atoms with Crippen LogP contribution in [0.5, 0.6) is 5.75 Å². The van der Waals surface area contributed by atoms with Gasteiger partial charge in [-0.2, -0.15) is 5.10 Å². The number of nitrogens with zero attached hydrogens (tertiary/aromatic N) is 3. The molecule has 0 aliphatic heterocycles. The van der Waals surface area contributed by atoms with Gasteiger partial charge in [0.25, 0.3) is 0 Å². The fraction of sp³-hybridized carbons (Fsp3) is 0.231. The number of fused-ring (bicyclic) bond motifs is 1. The van der Waals surface area contributed by atoms with E-state index in [1.165, 1.54) is 0 Å². The van der Waals surface area contributed by atoms with Crippen molar-refractivity contribution in [1.29, 1.82) is 0 Å². The molecule has 1 amide bonds. The molecule has 4 rings (SSSR count). The van der Waals surface area contributed by atoms with Gasteiger partial charge in [-0.25, -0.2) is 4.68 Å². The van der Waals surface area contributed by atoms with Gasteiger partial charge in [0.15, 0.2) is 0 Å². The number of para-hydroxylation sites is 1. The second-order valence-corrected chi connectivity index (χ2v) is 7.87. The predicted molar refractivity (Wildman–Crippen MR) is 124 cm³/mol. The molecular formula is C26H27N3O2. The largest absolute Gasteiger partial charge is 0.497 e. The maximum Gasteiger partial charge on any atom is 0.227 e. The Morgan fingerprint density at radius 2 is 1.71 bits per heavy atom. The third-order valence-corrected chi connectivity index (χ3v) is 5.73. The van der Waals surface area contributed by atoms with Crippen LogP contribution in [0.4, 0.5) is 0 Å². The fourth-order valence-electron chi connectivity index (χ4n) is 3.90. The highest BCUT2D eigenvalue weighted by atomic mass is 16.5. The number of carbonyl (C=O) groups excluding carboxylic acids is 1. The van der Waals surface area contributed by atoms with Crippen molar-refractivity contribution in [3.05, 3.63) is 89.2 Å². The Kier molecular flexibility index (Phi) is 5.76. The van der Waals surface area contributed by atoms with E-state index in [1.807, 2.05) is 74.1 Å². The molecular weight excluding hydrogens is 386 g/mol. The standard InChI is InChI=1S/C26H27N3O2/c1-18-25(19(2)29(27-18)23-8-6-5-7-9-23)16-26(30)28(3)17-20-10-11-22-15-24(31-4)13-12-21(22)14-20/h5-15H,16-17H2,1-4H3. The molecule has 0 saturated carbocycles. The van der Waals surface area contributed by atoms with Crippen LogP contribution in [0, 0.1) is 13.8 Å². The van der Waals surface area contributed by atoms with Gasteiger partial charge in [0.05, 0.1) is 24.9 Å². The second-order valence-electron chi connectivity index (χ2n) is 7.87. The average Bonchev–Trinajstić information content (AvgIpc) is 3.07. The first kappa shape index (κ1) is 20.7. The van der Waals surface area contributed by atoms with E-state index in [0.717, 1.165) is 44.7 Å². The zero-order valence-electron chi connectivity index (χ0n) is 18.4. The maximum absolute atomic E-state index is 13.0. The highest BCUT2D eigenvalue weighted by Crippen LogP contribution is 2.23. The number of hydrogen-bond donors (Lipinski definition) is 0. The number of aryl methyl sites for hydroxylation is 1. The van der Waals surface area contributed by atoms with Crippen LogP contribution in [0.15, 0.2) is 66.7 Å². The lowest BCUT2D eigenvalue weighted by atomic mass is 10.1. The number of benzene rings is 3. The normalized spacial score (nSPS) is 11.0. The van der Waals surface area contributed by atoms with Crippen LogP contribution < -0.4 is 4.74 Å². The molecule has 1 aromatic heterocycles. The smallest absolute Gasteiger partial charge is 0.227 e. The lowest BCUT2D eigenvalue weighted by molar-refractivity contribution is -0.129. The van der Waals surface area contributed by atoms with Gasteiger partial charge in [0.1, 0.15) is 5.75 Å². The molecule has 1 heterocycles. The van der Waals surface area contributed by atoms with Crippen LogP contribution in [0.1, 0.15) is 22.5 Å². The van der Waals surface area contributed by atoms with E-state index in [0.29, 0.717) is 13.0 Å². The molecule has 0 saturated heterocycles. The number of carbonyl (C=O) groups is 1. The molecule has 0 aliphatic carbocycles. The van der Waals surface area contributed by atoms with Gasteiger partial charge in [-0.1, -0.05) is 36.4 Å². The second kappa shape index (κ2) is 8.64. The molecule has 0 fully saturated rings. The van der Waals surface area contributed by atoms with Crippen LogP contribution in [0.2, 0.25) is 0 Å². The van der Waals surface area contributed by atoms with E-state index < -0.39 is 0 Å². The lowest BCUT2D eigenvalue weighted by Crippen LogP contribution is -2.28. The molecule has 31 heavy (non-hydrogen) atoms. The first-order chi connectivity index (χ1) is 15.0. The molecule has 158 valence electrons. The zero-order valence-corrected chi connectivity index (χ0v) is 18.4. The minimum absolute atomic E-state index is 0.0774. The minimum atomic E-state index is 0.0774. The van der Waals surface area contributed by atoms with E-state index in [9.17, 15) is 4.79 Å². The molecule has 0 aliphatic rings. The number of hydrogen-bond acceptors (Lipinski definition) is 3. The van der Waals surface area contributed by atoms with Crippen molar-refractivity contribution < 1.29 is 9.53 Å². The highest BCUT2D eigenvalue weighted by molar-refractivity contribution is 5.85. The van der Waals surface area contributed by atoms with E-state index in [1.54, 1.807) is 12.0 Å². The topological polar surface area (TPSA) is 47.4 Å². The number of aromatic nitrogens is 2. The number of methoxy groups -OCH3 is 1. The third-order valence-electron chi connectivity index (χ3n) is 5.73. The summed E-state index contributed by atoms with van der Waals surface area (Å²) in [6.07, 6.45) is 0.339. The van der Waals surface area contributed by atoms with Crippen LogP contribution in [-0.4, -0.2) is 34.7 Å². The van der Waals surface area contributed by atoms with Gasteiger partial charge in [-0.15, -0.1) is 0 Å². The van der Waals surface area contributed by atoms with E-state index >= 15 is 0 Å². The molecule has 0 bridgehead atoms. The Morgan fingerprint density at radius 1 is 1.00 bits per heavy atom. The number of rotatable bonds is 6. The Bertz CT molecular complexity index is 1230. The van der Waals surface area contributed by atoms with E-state index in [-0.39, 0.29) is 5.91 Å². The van der Waals surface area contributed by atoms with Gasteiger partial charge in [-0.05, 0) is 60.5 Å². The first-order valence-corrected chi connectivity index (χ1v) is 10.4. The first-order valence-electron chi connectivity index (χ1n) is 10.4. The molecule has 0 N–H and O–H groups in total. The Labute approximate surface area is 182 Å². The van der Waals surface area contributed by atoms with E-state index in [4.69, 9.17) is 4.74 Å². The molecule has 5 heteroatoms. The summed E-state index contributed by atoms with van der Waals surface area (Å²) in [5.41, 5.74) is 4.99. The van der Waals surface area contributed by atoms with Gasteiger partial charge in [0, 0.05) is 24.8 Å². The van der Waals surface area contributed by atoms with Crippen LogP contribution in [0.25, 0.3) is 16.5 Å². The number of likely N-dealkylation sites (N-methyl/N-ethyl adjacent to an activating group) is 1. The van der Waals surface area contributed by atoms with Gasteiger partial charge in [0.2, 0.25) is 5.91 Å². The Morgan fingerprint density at radius 3 is 2.45 bits per heavy atom. The van der Waals surface area contributed by atoms with Crippen molar-refractivity contribution in [1.82, 2.24) is 14.7 Å². The molecule has 0 unspecified atom stereocenters.